The molecule has 0 aliphatic rings. The number of hydrogen-bond acceptors (Lipinski definition) is 2. The van der Waals surface area contributed by atoms with E-state index in [9.17, 15) is 0 Å². The summed E-state index contributed by atoms with van der Waals surface area (Å²) in [7, 11) is 0. The van der Waals surface area contributed by atoms with Gasteiger partial charge in [0.1, 0.15) is 0 Å². The monoisotopic (exact) mass is 337 g/mol. The van der Waals surface area contributed by atoms with Crippen molar-refractivity contribution in [2.75, 3.05) is 0 Å². The standard InChI is InChI=1S/H2O.O.2Sn.Zn/h1H2;;;;/q;;;+1;/p-1. The van der Waals surface area contributed by atoms with Crippen molar-refractivity contribution in [3.05, 3.63) is 0 Å². The van der Waals surface area contributed by atoms with E-state index in [4.69, 9.17) is 3.44 Å². The Morgan fingerprint density at radius 3 is 2.00 bits per heavy atom. The molecule has 5 heteroatoms. The Bertz CT molecular complexity index is 9.61. The van der Waals surface area contributed by atoms with Gasteiger partial charge in [0.2, 0.25) is 0 Å². The average molecular weight is 336 g/mol. The number of hydrogen-bond donors (Lipinski definition) is 1. The Balaban J connectivity index is 0. The molecule has 0 atom stereocenters. The average Bonchev–Trinajstić information content (AvgIpc) is 1.37. The Morgan fingerprint density at radius 1 is 1.80 bits per heavy atom. The minimum Gasteiger partial charge on any atom is 0 e. The predicted molar refractivity (Wildman–Crippen MR) is 14.8 cm³/mol. The van der Waals surface area contributed by atoms with Crippen molar-refractivity contribution in [3.8, 4) is 0 Å². The third-order valence-electron chi connectivity index (χ3n) is 0.0456. The van der Waals surface area contributed by atoms with Gasteiger partial charge in [0.05, 0.1) is 0 Å². The zero-order valence-corrected chi connectivity index (χ0v) is 11.2. The largest absolute Gasteiger partial charge is 0 e. The smallest absolute Gasteiger partial charge is 0 e. The predicted octanol–water partition coefficient (Wildman–Crippen LogP) is -1.39. The van der Waals surface area contributed by atoms with Crippen LogP contribution in [0.15, 0.2) is 0 Å². The van der Waals surface area contributed by atoms with Gasteiger partial charge in [0.25, 0.3) is 0 Å². The summed E-state index contributed by atoms with van der Waals surface area (Å²) in [5, 5.41) is 0. The first-order valence-corrected chi connectivity index (χ1v) is 4.24. The Labute approximate surface area is 68.4 Å². The molecule has 0 spiro atoms. The third-order valence-corrected chi connectivity index (χ3v) is 2.05. The molecule has 23 valence electrons. The zero-order valence-electron chi connectivity index (χ0n) is 2.56. The van der Waals surface area contributed by atoms with E-state index >= 15 is 0 Å². The van der Waals surface area contributed by atoms with E-state index in [1.807, 2.05) is 0 Å². The molecule has 0 unspecified atom stereocenters. The summed E-state index contributed by atoms with van der Waals surface area (Å²) in [6, 6.07) is 0. The molecule has 2 nitrogen and oxygen atoms in total. The molecule has 0 bridgehead atoms. The van der Waals surface area contributed by atoms with Crippen LogP contribution in [0, 0.1) is 0 Å². The van der Waals surface area contributed by atoms with Crippen LogP contribution in [0.2, 0.25) is 0 Å². The molecule has 0 aliphatic carbocycles. The van der Waals surface area contributed by atoms with Gasteiger partial charge in [0.15, 0.2) is 0 Å². The molecular weight excluding hydrogens is 335 g/mol. The van der Waals surface area contributed by atoms with Gasteiger partial charge < -0.3 is 0 Å². The Kier molecular flexibility index (Phi) is 19.3. The molecule has 5 radical (unpaired) electrons. The first kappa shape index (κ1) is 10.2. The van der Waals surface area contributed by atoms with Gasteiger partial charge in [-0.3, -0.25) is 0 Å². The first-order valence-electron chi connectivity index (χ1n) is 0.632. The number of rotatable bonds is 1. The van der Waals surface area contributed by atoms with Crippen molar-refractivity contribution in [2.24, 2.45) is 0 Å². The van der Waals surface area contributed by atoms with Crippen molar-refractivity contribution in [2.45, 2.75) is 0 Å². The van der Waals surface area contributed by atoms with Crippen LogP contribution in [0.1, 0.15) is 0 Å². The summed E-state index contributed by atoms with van der Waals surface area (Å²) in [6.07, 6.45) is 0. The fourth-order valence-corrected chi connectivity index (χ4v) is 0. The van der Waals surface area contributed by atoms with Gasteiger partial charge in [-0.25, -0.2) is 0 Å². The fraction of sp³-hybridized carbons (Fsp3) is 0. The van der Waals surface area contributed by atoms with Gasteiger partial charge in [-0.05, 0) is 0 Å². The molecule has 0 fully saturated rings. The molecule has 0 amide bonds. The van der Waals surface area contributed by atoms with Crippen LogP contribution in [0.3, 0.4) is 0 Å². The summed E-state index contributed by atoms with van der Waals surface area (Å²) in [6.45, 7) is 0. The Morgan fingerprint density at radius 2 is 2.00 bits per heavy atom. The molecule has 0 saturated carbocycles. The maximum atomic E-state index is 7.85. The second-order valence-corrected chi connectivity index (χ2v) is 5.21. The molecular formula is HO2Sn2Zn. The second kappa shape index (κ2) is 9.46. The van der Waals surface area contributed by atoms with E-state index in [2.05, 4.69) is 1.41 Å². The molecule has 1 N–H and O–H groups in total. The molecule has 0 saturated heterocycles. The van der Waals surface area contributed by atoms with Gasteiger partial charge in [-0.1, -0.05) is 0 Å². The molecule has 0 aliphatic heterocycles. The van der Waals surface area contributed by atoms with E-state index in [-0.39, 0.29) is 19.5 Å². The fourth-order valence-electron chi connectivity index (χ4n) is 0. The van der Waals surface area contributed by atoms with Crippen LogP contribution in [0.25, 0.3) is 0 Å². The Hall–Kier alpha value is 2.14. The van der Waals surface area contributed by atoms with Gasteiger partial charge >= 0.3 is 49.8 Å². The molecule has 0 aromatic carbocycles. The van der Waals surface area contributed by atoms with Gasteiger partial charge in [0, 0.05) is 19.5 Å². The maximum absolute atomic E-state index is 7.85. The van der Waals surface area contributed by atoms with Crippen molar-refractivity contribution in [1.82, 2.24) is 0 Å². The minimum atomic E-state index is -1.24. The summed E-state index contributed by atoms with van der Waals surface area (Å²) >= 11 is -0.242. The maximum Gasteiger partial charge on any atom is 0 e. The van der Waals surface area contributed by atoms with E-state index in [0.717, 1.165) is 22.9 Å². The van der Waals surface area contributed by atoms with E-state index < -0.39 is 22.0 Å². The summed E-state index contributed by atoms with van der Waals surface area (Å²) in [5.74, 6) is 0. The summed E-state index contributed by atoms with van der Waals surface area (Å²) in [4.78, 5) is 0. The topological polar surface area (TPSA) is 29.5 Å². The molecule has 0 rings (SSSR count). The summed E-state index contributed by atoms with van der Waals surface area (Å²) in [5.41, 5.74) is 0. The molecule has 0 heterocycles. The SMILES string of the molecule is [OH][Sn][O][Sn].[Zn]. The van der Waals surface area contributed by atoms with Crippen LogP contribution < -0.4 is 0 Å². The van der Waals surface area contributed by atoms with Crippen LogP contribution in [0.4, 0.5) is 0 Å². The van der Waals surface area contributed by atoms with Crippen LogP contribution in [-0.2, 0) is 20.9 Å². The van der Waals surface area contributed by atoms with Gasteiger partial charge in [-0.2, -0.15) is 0 Å². The van der Waals surface area contributed by atoms with E-state index in [0.29, 0.717) is 0 Å². The van der Waals surface area contributed by atoms with Crippen LogP contribution in [-0.4, -0.2) is 48.4 Å². The molecule has 5 heavy (non-hydrogen) atoms. The zero-order chi connectivity index (χ0) is 3.41. The van der Waals surface area contributed by atoms with Crippen molar-refractivity contribution >= 4 is 44.9 Å². The first-order chi connectivity index (χ1) is 1.91. The molecule has 0 aromatic heterocycles. The minimum absolute atomic E-state index is 0. The van der Waals surface area contributed by atoms with Crippen molar-refractivity contribution in [1.29, 1.82) is 0 Å². The van der Waals surface area contributed by atoms with Crippen molar-refractivity contribution in [3.63, 3.8) is 0 Å². The van der Waals surface area contributed by atoms with E-state index in [1.54, 1.807) is 0 Å². The molecule has 0 aromatic rings. The van der Waals surface area contributed by atoms with Crippen molar-refractivity contribution < 1.29 is 24.3 Å². The normalized spacial score (nSPS) is 6.00. The van der Waals surface area contributed by atoms with E-state index in [1.165, 1.54) is 0 Å². The van der Waals surface area contributed by atoms with Gasteiger partial charge in [-0.15, -0.1) is 0 Å². The summed E-state index contributed by atoms with van der Waals surface area (Å²) < 4.78 is 12.2. The second-order valence-electron chi connectivity index (χ2n) is 0.193. The third kappa shape index (κ3) is 10.7. The quantitative estimate of drug-likeness (QED) is 0.598. The van der Waals surface area contributed by atoms with Crippen LogP contribution >= 0.6 is 0 Å². The van der Waals surface area contributed by atoms with Crippen LogP contribution in [0.5, 0.6) is 0 Å².